The Hall–Kier alpha value is -1.45. The Morgan fingerprint density at radius 2 is 1.37 bits per heavy atom. The van der Waals surface area contributed by atoms with Gasteiger partial charge in [0.2, 0.25) is 5.82 Å². The van der Waals surface area contributed by atoms with Crippen molar-refractivity contribution in [1.29, 1.82) is 0 Å². The molecule has 0 amide bonds. The van der Waals surface area contributed by atoms with Crippen molar-refractivity contribution in [3.05, 3.63) is 44.9 Å². The highest BCUT2D eigenvalue weighted by Gasteiger charge is 2.27. The van der Waals surface area contributed by atoms with Crippen LogP contribution in [0.15, 0.2) is 12.3 Å². The quantitative estimate of drug-likeness (QED) is 0.352. The van der Waals surface area contributed by atoms with Crippen LogP contribution in [0, 0.1) is 32.7 Å². The second kappa shape index (κ2) is 4.91. The lowest BCUT2D eigenvalue weighted by Crippen LogP contribution is -2.06. The Bertz CT molecular complexity index is 646. The monoisotopic (exact) mass is 386 g/mol. The fraction of sp³-hybridized carbons (Fsp3) is 0. The molecular formula is C11H4F5IN2. The summed E-state index contributed by atoms with van der Waals surface area (Å²) >= 11 is 1.77. The van der Waals surface area contributed by atoms with Gasteiger partial charge in [0.25, 0.3) is 0 Å². The largest absolute Gasteiger partial charge is 0.383 e. The molecule has 0 aliphatic heterocycles. The Labute approximate surface area is 117 Å². The van der Waals surface area contributed by atoms with Crippen molar-refractivity contribution >= 4 is 28.4 Å². The smallest absolute Gasteiger partial charge is 0.200 e. The second-order valence-electron chi connectivity index (χ2n) is 3.53. The molecule has 1 heterocycles. The molecule has 0 saturated carbocycles. The molecule has 2 aromatic rings. The molecule has 2 N–H and O–H groups in total. The maximum absolute atomic E-state index is 13.6. The predicted octanol–water partition coefficient (Wildman–Crippen LogP) is 3.63. The van der Waals surface area contributed by atoms with Crippen LogP contribution in [0.25, 0.3) is 11.1 Å². The van der Waals surface area contributed by atoms with E-state index in [2.05, 4.69) is 4.98 Å². The van der Waals surface area contributed by atoms with Crippen molar-refractivity contribution in [1.82, 2.24) is 4.98 Å². The first-order chi connectivity index (χ1) is 8.84. The second-order valence-corrected chi connectivity index (χ2v) is 4.78. The van der Waals surface area contributed by atoms with Gasteiger partial charge >= 0.3 is 0 Å². The molecule has 0 spiro atoms. The highest BCUT2D eigenvalue weighted by molar-refractivity contribution is 14.1. The molecule has 1 aromatic heterocycles. The van der Waals surface area contributed by atoms with Crippen LogP contribution in [0.2, 0.25) is 0 Å². The molecule has 1 aromatic carbocycles. The van der Waals surface area contributed by atoms with Crippen LogP contribution < -0.4 is 5.73 Å². The molecule has 19 heavy (non-hydrogen) atoms. The molecule has 0 saturated heterocycles. The lowest BCUT2D eigenvalue weighted by Gasteiger charge is -2.10. The van der Waals surface area contributed by atoms with E-state index in [0.29, 0.717) is 3.57 Å². The van der Waals surface area contributed by atoms with Crippen molar-refractivity contribution in [2.75, 3.05) is 5.73 Å². The van der Waals surface area contributed by atoms with Crippen LogP contribution in [-0.4, -0.2) is 4.98 Å². The van der Waals surface area contributed by atoms with E-state index in [1.54, 1.807) is 22.6 Å². The first-order valence-corrected chi connectivity index (χ1v) is 5.85. The molecule has 0 fully saturated rings. The molecule has 0 aliphatic rings. The average Bonchev–Trinajstić information content (AvgIpc) is 2.38. The average molecular weight is 386 g/mol. The minimum absolute atomic E-state index is 0.330. The Kier molecular flexibility index (Phi) is 3.61. The summed E-state index contributed by atoms with van der Waals surface area (Å²) in [6.45, 7) is 0. The number of nitrogen functional groups attached to an aromatic ring is 1. The topological polar surface area (TPSA) is 38.9 Å². The summed E-state index contributed by atoms with van der Waals surface area (Å²) in [7, 11) is 0. The predicted molar refractivity (Wildman–Crippen MR) is 66.6 cm³/mol. The molecule has 0 atom stereocenters. The maximum atomic E-state index is 13.6. The van der Waals surface area contributed by atoms with Crippen LogP contribution in [0.4, 0.5) is 27.8 Å². The SMILES string of the molecule is Nc1ncc(I)cc1-c1c(F)c(F)c(F)c(F)c1F. The summed E-state index contributed by atoms with van der Waals surface area (Å²) in [5.74, 6) is -10.5. The summed E-state index contributed by atoms with van der Waals surface area (Å²) in [5, 5.41) is 0. The van der Waals surface area contributed by atoms with Gasteiger partial charge in [0, 0.05) is 15.3 Å². The normalized spacial score (nSPS) is 10.8. The van der Waals surface area contributed by atoms with E-state index in [-0.39, 0.29) is 11.4 Å². The van der Waals surface area contributed by atoms with Gasteiger partial charge in [0.1, 0.15) is 5.82 Å². The molecule has 100 valence electrons. The molecule has 2 rings (SSSR count). The van der Waals surface area contributed by atoms with Crippen molar-refractivity contribution in [2.24, 2.45) is 0 Å². The van der Waals surface area contributed by atoms with Crippen LogP contribution in [0.1, 0.15) is 0 Å². The third kappa shape index (κ3) is 2.24. The molecule has 2 nitrogen and oxygen atoms in total. The number of hydrogen-bond acceptors (Lipinski definition) is 2. The van der Waals surface area contributed by atoms with E-state index in [9.17, 15) is 22.0 Å². The number of rotatable bonds is 1. The molecule has 0 radical (unpaired) electrons. The Morgan fingerprint density at radius 1 is 0.895 bits per heavy atom. The van der Waals surface area contributed by atoms with Crippen LogP contribution >= 0.6 is 22.6 Å². The third-order valence-electron chi connectivity index (χ3n) is 2.36. The van der Waals surface area contributed by atoms with Crippen LogP contribution in [0.3, 0.4) is 0 Å². The lowest BCUT2D eigenvalue weighted by atomic mass is 10.0. The first-order valence-electron chi connectivity index (χ1n) is 4.77. The van der Waals surface area contributed by atoms with Gasteiger partial charge in [-0.25, -0.2) is 26.9 Å². The van der Waals surface area contributed by atoms with Crippen molar-refractivity contribution in [3.8, 4) is 11.1 Å². The number of nitrogens with zero attached hydrogens (tertiary/aromatic N) is 1. The van der Waals surface area contributed by atoms with Gasteiger partial charge in [-0.05, 0) is 28.7 Å². The van der Waals surface area contributed by atoms with E-state index in [1.807, 2.05) is 0 Å². The number of halogens is 6. The summed E-state index contributed by atoms with van der Waals surface area (Å²) in [6.07, 6.45) is 1.30. The van der Waals surface area contributed by atoms with Gasteiger partial charge in [-0.1, -0.05) is 0 Å². The standard InChI is InChI=1S/C11H4F5IN2/c12-6-5(4-1-3(17)2-19-11(4)18)7(13)9(15)10(16)8(6)14/h1-2H,(H2,18,19). The Morgan fingerprint density at radius 3 is 1.89 bits per heavy atom. The summed E-state index contributed by atoms with van der Waals surface area (Å²) < 4.78 is 66.7. The Balaban J connectivity index is 2.87. The van der Waals surface area contributed by atoms with Gasteiger partial charge in [-0.2, -0.15) is 0 Å². The van der Waals surface area contributed by atoms with Gasteiger partial charge in [0.15, 0.2) is 23.3 Å². The zero-order chi connectivity index (χ0) is 14.3. The minimum atomic E-state index is -2.21. The molecule has 8 heteroatoms. The number of aromatic nitrogens is 1. The number of nitrogens with two attached hydrogens (primary N) is 1. The van der Waals surface area contributed by atoms with Crippen molar-refractivity contribution in [3.63, 3.8) is 0 Å². The number of pyridine rings is 1. The maximum Gasteiger partial charge on any atom is 0.200 e. The first kappa shape index (κ1) is 14.0. The lowest BCUT2D eigenvalue weighted by molar-refractivity contribution is 0.381. The van der Waals surface area contributed by atoms with E-state index < -0.39 is 34.6 Å². The van der Waals surface area contributed by atoms with Crippen LogP contribution in [-0.2, 0) is 0 Å². The number of benzene rings is 1. The van der Waals surface area contributed by atoms with E-state index in [1.165, 1.54) is 12.3 Å². The van der Waals surface area contributed by atoms with Crippen LogP contribution in [0.5, 0.6) is 0 Å². The van der Waals surface area contributed by atoms with E-state index >= 15 is 0 Å². The fourth-order valence-corrected chi connectivity index (χ4v) is 1.94. The number of anilines is 1. The highest BCUT2D eigenvalue weighted by Crippen LogP contribution is 2.34. The summed E-state index contributed by atoms with van der Waals surface area (Å²) in [4.78, 5) is 3.62. The van der Waals surface area contributed by atoms with Crippen molar-refractivity contribution in [2.45, 2.75) is 0 Å². The molecular weight excluding hydrogens is 382 g/mol. The number of hydrogen-bond donors (Lipinski definition) is 1. The zero-order valence-corrected chi connectivity index (χ0v) is 11.1. The fourth-order valence-electron chi connectivity index (χ4n) is 1.49. The van der Waals surface area contributed by atoms with Gasteiger partial charge in [-0.3, -0.25) is 0 Å². The van der Waals surface area contributed by atoms with E-state index in [0.717, 1.165) is 0 Å². The molecule has 0 bridgehead atoms. The van der Waals surface area contributed by atoms with Crippen molar-refractivity contribution < 1.29 is 22.0 Å². The zero-order valence-electron chi connectivity index (χ0n) is 8.95. The minimum Gasteiger partial charge on any atom is -0.383 e. The van der Waals surface area contributed by atoms with Gasteiger partial charge < -0.3 is 5.73 Å². The van der Waals surface area contributed by atoms with Gasteiger partial charge in [0.05, 0.1) is 5.56 Å². The molecule has 0 aliphatic carbocycles. The van der Waals surface area contributed by atoms with E-state index in [4.69, 9.17) is 5.73 Å². The van der Waals surface area contributed by atoms with Gasteiger partial charge in [-0.15, -0.1) is 0 Å². The summed E-state index contributed by atoms with van der Waals surface area (Å²) in [6, 6.07) is 1.18. The third-order valence-corrected chi connectivity index (χ3v) is 2.95. The summed E-state index contributed by atoms with van der Waals surface area (Å²) in [5.41, 5.74) is 3.98. The molecule has 0 unspecified atom stereocenters. The highest BCUT2D eigenvalue weighted by atomic mass is 127.